The lowest BCUT2D eigenvalue weighted by atomic mass is 10.2. The maximum atomic E-state index is 4.69. The Morgan fingerprint density at radius 2 is 1.77 bits per heavy atom. The molecule has 0 spiro atoms. The molecule has 0 N–H and O–H groups in total. The molecule has 1 aromatic heterocycles. The van der Waals surface area contributed by atoms with Crippen LogP contribution in [-0.4, -0.2) is 18.4 Å². The van der Waals surface area contributed by atoms with E-state index in [1.807, 2.05) is 36.0 Å². The fourth-order valence-corrected chi connectivity index (χ4v) is 6.56. The summed E-state index contributed by atoms with van der Waals surface area (Å²) in [7, 11) is -1.55. The quantitative estimate of drug-likeness (QED) is 0.368. The number of rotatable bonds is 3. The Morgan fingerprint density at radius 1 is 1.05 bits per heavy atom. The van der Waals surface area contributed by atoms with Crippen molar-refractivity contribution in [3.8, 4) is 11.5 Å². The highest BCUT2D eigenvalue weighted by Crippen LogP contribution is 2.30. The van der Waals surface area contributed by atoms with E-state index in [9.17, 15) is 0 Å². The van der Waals surface area contributed by atoms with Gasteiger partial charge in [-0.3, -0.25) is 0 Å². The minimum Gasteiger partial charge on any atom is -0.230 e. The van der Waals surface area contributed by atoms with E-state index in [1.54, 1.807) is 11.3 Å². The number of fused-ring (bicyclic) bond motifs is 1. The van der Waals surface area contributed by atoms with Crippen LogP contribution in [0, 0.1) is 11.5 Å². The van der Waals surface area contributed by atoms with Crippen molar-refractivity contribution in [2.75, 3.05) is 5.38 Å². The van der Waals surface area contributed by atoms with Crippen molar-refractivity contribution < 1.29 is 0 Å². The predicted molar refractivity (Wildman–Crippen MR) is 101 cm³/mol. The molecular weight excluding hydrogens is 322 g/mol. The summed E-state index contributed by atoms with van der Waals surface area (Å²) in [5.74, 6) is 3.33. The third-order valence-corrected chi connectivity index (χ3v) is 9.19. The zero-order chi connectivity index (χ0) is 15.4. The first-order valence-electron chi connectivity index (χ1n) is 7.19. The van der Waals surface area contributed by atoms with Crippen molar-refractivity contribution in [3.63, 3.8) is 0 Å². The molecule has 3 rings (SSSR count). The molecule has 0 bridgehead atoms. The summed E-state index contributed by atoms with van der Waals surface area (Å²) in [6.45, 7) is 4.65. The first kappa shape index (κ1) is 15.4. The Hall–Kier alpha value is -1.54. The third kappa shape index (κ3) is 4.01. The van der Waals surface area contributed by atoms with Crippen LogP contribution in [0.25, 0.3) is 10.2 Å². The standard InChI is InChI=1S/C18H17NS2Si/c1-22(2,13-12-15-8-4-3-5-9-15)14-20-18-19-16-10-6-7-11-17(16)21-18/h3-11H,14H2,1-2H3. The summed E-state index contributed by atoms with van der Waals surface area (Å²) in [4.78, 5) is 4.69. The lowest BCUT2D eigenvalue weighted by molar-refractivity contribution is 1.31. The van der Waals surface area contributed by atoms with Crippen molar-refractivity contribution in [2.24, 2.45) is 0 Å². The van der Waals surface area contributed by atoms with Gasteiger partial charge in [0.2, 0.25) is 0 Å². The van der Waals surface area contributed by atoms with Crippen LogP contribution in [-0.2, 0) is 0 Å². The molecule has 0 aliphatic carbocycles. The molecule has 0 fully saturated rings. The summed E-state index contributed by atoms with van der Waals surface area (Å²) in [6.07, 6.45) is 0. The highest BCUT2D eigenvalue weighted by Gasteiger charge is 2.19. The summed E-state index contributed by atoms with van der Waals surface area (Å²) < 4.78 is 2.42. The molecule has 3 aromatic rings. The molecule has 2 aromatic carbocycles. The minimum atomic E-state index is -1.55. The highest BCUT2D eigenvalue weighted by atomic mass is 32.2. The number of aromatic nitrogens is 1. The van der Waals surface area contributed by atoms with Gasteiger partial charge in [-0.2, -0.15) is 0 Å². The topological polar surface area (TPSA) is 12.9 Å². The number of thiazole rings is 1. The van der Waals surface area contributed by atoms with Crippen molar-refractivity contribution in [2.45, 2.75) is 17.4 Å². The summed E-state index contributed by atoms with van der Waals surface area (Å²) in [6, 6.07) is 18.6. The van der Waals surface area contributed by atoms with Gasteiger partial charge in [-0.1, -0.05) is 61.1 Å². The maximum Gasteiger partial charge on any atom is 0.150 e. The van der Waals surface area contributed by atoms with Gasteiger partial charge in [-0.15, -0.1) is 16.9 Å². The van der Waals surface area contributed by atoms with Crippen LogP contribution in [0.1, 0.15) is 5.56 Å². The van der Waals surface area contributed by atoms with Crippen molar-refractivity contribution >= 4 is 41.4 Å². The first-order chi connectivity index (χ1) is 10.6. The van der Waals surface area contributed by atoms with Gasteiger partial charge in [0.1, 0.15) is 8.07 Å². The Bertz CT molecular complexity index is 795. The van der Waals surface area contributed by atoms with Crippen molar-refractivity contribution in [3.05, 3.63) is 60.2 Å². The average molecular weight is 340 g/mol. The fourth-order valence-electron chi connectivity index (χ4n) is 1.95. The number of benzene rings is 2. The highest BCUT2D eigenvalue weighted by molar-refractivity contribution is 8.02. The van der Waals surface area contributed by atoms with Gasteiger partial charge >= 0.3 is 0 Å². The van der Waals surface area contributed by atoms with Gasteiger partial charge < -0.3 is 0 Å². The lowest BCUT2D eigenvalue weighted by Gasteiger charge is -2.12. The van der Waals surface area contributed by atoms with Crippen LogP contribution in [0.5, 0.6) is 0 Å². The van der Waals surface area contributed by atoms with Crippen LogP contribution in [0.15, 0.2) is 58.9 Å². The minimum absolute atomic E-state index is 1.08. The Balaban J connectivity index is 1.68. The largest absolute Gasteiger partial charge is 0.230 e. The zero-order valence-electron chi connectivity index (χ0n) is 12.7. The molecule has 0 aliphatic rings. The van der Waals surface area contributed by atoms with Gasteiger partial charge in [0.15, 0.2) is 4.34 Å². The van der Waals surface area contributed by atoms with E-state index in [-0.39, 0.29) is 0 Å². The number of hydrogen-bond donors (Lipinski definition) is 0. The molecule has 0 saturated heterocycles. The second kappa shape index (κ2) is 6.70. The van der Waals surface area contributed by atoms with Gasteiger partial charge in [-0.05, 0) is 24.3 Å². The molecule has 22 heavy (non-hydrogen) atoms. The normalized spacial score (nSPS) is 11.2. The monoisotopic (exact) mass is 339 g/mol. The zero-order valence-corrected chi connectivity index (χ0v) is 15.3. The molecule has 0 radical (unpaired) electrons. The molecule has 110 valence electrons. The predicted octanol–water partition coefficient (Wildman–Crippen LogP) is 5.23. The van der Waals surface area contributed by atoms with Gasteiger partial charge in [0, 0.05) is 10.9 Å². The van der Waals surface area contributed by atoms with Crippen LogP contribution < -0.4 is 0 Å². The van der Waals surface area contributed by atoms with Crippen LogP contribution in [0.4, 0.5) is 0 Å². The lowest BCUT2D eigenvalue weighted by Crippen LogP contribution is -2.27. The summed E-state index contributed by atoms with van der Waals surface area (Å²) in [5.41, 5.74) is 5.73. The number of para-hydroxylation sites is 1. The van der Waals surface area contributed by atoms with Gasteiger partial charge in [0.25, 0.3) is 0 Å². The van der Waals surface area contributed by atoms with E-state index >= 15 is 0 Å². The third-order valence-electron chi connectivity index (χ3n) is 3.15. The fraction of sp³-hybridized carbons (Fsp3) is 0.167. The molecule has 4 heteroatoms. The second-order valence-electron chi connectivity index (χ2n) is 5.74. The molecule has 0 amide bonds. The Kier molecular flexibility index (Phi) is 4.68. The molecule has 1 nitrogen and oxygen atoms in total. The van der Waals surface area contributed by atoms with Crippen molar-refractivity contribution in [1.82, 2.24) is 4.98 Å². The van der Waals surface area contributed by atoms with Crippen LogP contribution >= 0.6 is 23.1 Å². The average Bonchev–Trinajstić information content (AvgIpc) is 2.95. The van der Waals surface area contributed by atoms with Gasteiger partial charge in [-0.25, -0.2) is 4.98 Å². The van der Waals surface area contributed by atoms with E-state index in [4.69, 9.17) is 0 Å². The molecule has 0 saturated carbocycles. The van der Waals surface area contributed by atoms with Crippen LogP contribution in [0.2, 0.25) is 13.1 Å². The van der Waals surface area contributed by atoms with E-state index in [0.29, 0.717) is 0 Å². The van der Waals surface area contributed by atoms with E-state index < -0.39 is 8.07 Å². The summed E-state index contributed by atoms with van der Waals surface area (Å²) >= 11 is 3.63. The van der Waals surface area contributed by atoms with Crippen LogP contribution in [0.3, 0.4) is 0 Å². The number of nitrogens with zero attached hydrogens (tertiary/aromatic N) is 1. The number of thioether (sulfide) groups is 1. The summed E-state index contributed by atoms with van der Waals surface area (Å²) in [5, 5.41) is 1.08. The molecular formula is C18H17NS2Si. The SMILES string of the molecule is C[Si](C)(C#Cc1ccccc1)CSc1nc2ccccc2s1. The molecule has 0 atom stereocenters. The molecule has 0 unspecified atom stereocenters. The Labute approximate surface area is 140 Å². The first-order valence-corrected chi connectivity index (χ1v) is 12.2. The van der Waals surface area contributed by atoms with Crippen molar-refractivity contribution in [1.29, 1.82) is 0 Å². The second-order valence-corrected chi connectivity index (χ2v) is 12.9. The molecule has 1 heterocycles. The van der Waals surface area contributed by atoms with Gasteiger partial charge in [0.05, 0.1) is 10.2 Å². The maximum absolute atomic E-state index is 4.69. The smallest absolute Gasteiger partial charge is 0.150 e. The van der Waals surface area contributed by atoms with E-state index in [0.717, 1.165) is 20.8 Å². The molecule has 0 aliphatic heterocycles. The van der Waals surface area contributed by atoms with E-state index in [2.05, 4.69) is 59.9 Å². The number of hydrogen-bond acceptors (Lipinski definition) is 3. The van der Waals surface area contributed by atoms with E-state index in [1.165, 1.54) is 4.70 Å². The Morgan fingerprint density at radius 3 is 2.55 bits per heavy atom.